The van der Waals surface area contributed by atoms with Gasteiger partial charge in [0.25, 0.3) is 0 Å². The van der Waals surface area contributed by atoms with Crippen molar-refractivity contribution >= 4 is 0 Å². The second kappa shape index (κ2) is 23.3. The van der Waals surface area contributed by atoms with Gasteiger partial charge in [0.1, 0.15) is 0 Å². The van der Waals surface area contributed by atoms with E-state index < -0.39 is 0 Å². The molecule has 0 amide bonds. The summed E-state index contributed by atoms with van der Waals surface area (Å²) < 4.78 is 0. The summed E-state index contributed by atoms with van der Waals surface area (Å²) in [7, 11) is 10.4. The highest BCUT2D eigenvalue weighted by Gasteiger charge is 1.59. The van der Waals surface area contributed by atoms with E-state index >= 15 is 0 Å². The molecule has 0 aromatic rings. The fourth-order valence-electron chi connectivity index (χ4n) is 0. The van der Waals surface area contributed by atoms with Crippen LogP contribution in [0.15, 0.2) is 12.3 Å². The van der Waals surface area contributed by atoms with Crippen LogP contribution in [0.3, 0.4) is 0 Å². The van der Waals surface area contributed by atoms with Crippen molar-refractivity contribution in [2.24, 2.45) is 5.84 Å². The Balaban J connectivity index is -0.0000000542. The zero-order valence-corrected chi connectivity index (χ0v) is 11.1. The summed E-state index contributed by atoms with van der Waals surface area (Å²) in [5.41, 5.74) is 0. The van der Waals surface area contributed by atoms with E-state index in [1.807, 2.05) is 14.1 Å². The van der Waals surface area contributed by atoms with Crippen LogP contribution in [0.2, 0.25) is 0 Å². The van der Waals surface area contributed by atoms with E-state index in [2.05, 4.69) is 11.9 Å². The highest BCUT2D eigenvalue weighted by atomic mass is 16.5. The normalized spacial score (nSPS) is 7.67. The SMILES string of the molecule is C=C(C)O.CN(C)N.CN(C)O.CNC. The van der Waals surface area contributed by atoms with E-state index in [9.17, 15) is 0 Å². The molecule has 0 atom stereocenters. The van der Waals surface area contributed by atoms with Gasteiger partial charge in [0.05, 0.1) is 5.76 Å². The molecule has 5 N–H and O–H groups in total. The molecule has 0 heterocycles. The topological polar surface area (TPSA) is 85.0 Å². The molecule has 0 spiro atoms. The van der Waals surface area contributed by atoms with E-state index in [0.29, 0.717) is 0 Å². The average molecular weight is 224 g/mol. The molecular weight excluding hydrogens is 196 g/mol. The number of nitrogens with one attached hydrogen (secondary N) is 1. The van der Waals surface area contributed by atoms with Gasteiger partial charge in [-0.3, -0.25) is 10.9 Å². The summed E-state index contributed by atoms with van der Waals surface area (Å²) in [5, 5.41) is 21.0. The van der Waals surface area contributed by atoms with Crippen LogP contribution < -0.4 is 11.2 Å². The van der Waals surface area contributed by atoms with Crippen LogP contribution in [0.5, 0.6) is 0 Å². The fourth-order valence-corrected chi connectivity index (χ4v) is 0. The zero-order valence-electron chi connectivity index (χ0n) is 11.1. The summed E-state index contributed by atoms with van der Waals surface area (Å²) in [6.45, 7) is 4.64. The van der Waals surface area contributed by atoms with Crippen molar-refractivity contribution in [1.29, 1.82) is 0 Å². The number of nitrogens with zero attached hydrogens (tertiary/aromatic N) is 2. The fraction of sp³-hybridized carbons (Fsp3) is 0.778. The minimum atomic E-state index is 0.167. The Hall–Kier alpha value is -0.660. The molecule has 0 rings (SSSR count). The Morgan fingerprint density at radius 3 is 1.20 bits per heavy atom. The molecule has 0 aliphatic carbocycles. The summed E-state index contributed by atoms with van der Waals surface area (Å²) in [6, 6.07) is 0. The number of hydrogen-bond acceptors (Lipinski definition) is 6. The van der Waals surface area contributed by atoms with Crippen molar-refractivity contribution < 1.29 is 10.3 Å². The first-order chi connectivity index (χ1) is 6.61. The van der Waals surface area contributed by atoms with Crippen molar-refractivity contribution in [2.75, 3.05) is 42.3 Å². The summed E-state index contributed by atoms with van der Waals surface area (Å²) in [5.74, 6) is 5.11. The molecule has 0 aromatic carbocycles. The van der Waals surface area contributed by atoms with Crippen LogP contribution in [0, 0.1) is 0 Å². The van der Waals surface area contributed by atoms with Gasteiger partial charge < -0.3 is 15.6 Å². The second-order valence-corrected chi connectivity index (χ2v) is 3.05. The van der Waals surface area contributed by atoms with Crippen LogP contribution >= 0.6 is 0 Å². The van der Waals surface area contributed by atoms with Crippen LogP contribution in [-0.4, -0.2) is 62.7 Å². The lowest BCUT2D eigenvalue weighted by Crippen LogP contribution is -2.18. The van der Waals surface area contributed by atoms with E-state index in [1.54, 1.807) is 28.2 Å². The summed E-state index contributed by atoms with van der Waals surface area (Å²) in [4.78, 5) is 0. The van der Waals surface area contributed by atoms with Gasteiger partial charge in [0.15, 0.2) is 0 Å². The van der Waals surface area contributed by atoms with Gasteiger partial charge in [0.2, 0.25) is 0 Å². The van der Waals surface area contributed by atoms with Crippen molar-refractivity contribution in [1.82, 2.24) is 15.4 Å². The first-order valence-corrected chi connectivity index (χ1v) is 4.32. The van der Waals surface area contributed by atoms with E-state index in [1.165, 1.54) is 11.9 Å². The predicted molar refractivity (Wildman–Crippen MR) is 65.8 cm³/mol. The maximum absolute atomic E-state index is 7.89. The molecule has 0 saturated carbocycles. The van der Waals surface area contributed by atoms with Crippen molar-refractivity contribution in [3.05, 3.63) is 12.3 Å². The van der Waals surface area contributed by atoms with Crippen molar-refractivity contribution in [3.8, 4) is 0 Å². The largest absolute Gasteiger partial charge is 0.513 e. The zero-order chi connectivity index (χ0) is 13.4. The number of hydrazine groups is 1. The number of aliphatic hydroxyl groups excluding tert-OH is 1. The van der Waals surface area contributed by atoms with Crippen molar-refractivity contribution in [3.63, 3.8) is 0 Å². The number of nitrogens with two attached hydrogens (primary N) is 1. The molecule has 0 bridgehead atoms. The Kier molecular flexibility index (Phi) is 37.1. The van der Waals surface area contributed by atoms with Gasteiger partial charge in [-0.1, -0.05) is 6.58 Å². The second-order valence-electron chi connectivity index (χ2n) is 3.05. The van der Waals surface area contributed by atoms with Crippen molar-refractivity contribution in [2.45, 2.75) is 6.92 Å². The lowest BCUT2D eigenvalue weighted by Gasteiger charge is -1.91. The molecule has 0 unspecified atom stereocenters. The molecule has 0 aliphatic rings. The minimum absolute atomic E-state index is 0.167. The lowest BCUT2D eigenvalue weighted by molar-refractivity contribution is -0.0372. The Bertz CT molecular complexity index is 92.8. The molecule has 0 radical (unpaired) electrons. The highest BCUT2D eigenvalue weighted by Crippen LogP contribution is 1.66. The smallest absolute Gasteiger partial charge is 0.0820 e. The van der Waals surface area contributed by atoms with E-state index in [4.69, 9.17) is 16.2 Å². The first kappa shape index (κ1) is 23.9. The predicted octanol–water partition coefficient (Wildman–Crippen LogP) is 0.273. The molecule has 0 aromatic heterocycles. The molecule has 6 heteroatoms. The Morgan fingerprint density at radius 1 is 1.20 bits per heavy atom. The lowest BCUT2D eigenvalue weighted by atomic mass is 10.7. The third kappa shape index (κ3) is 3940. The standard InChI is InChI=1S/C3H6O.C2H8N2.C2H7NO.C2H7N/c1-3(2)4;1-4(2)3;1-3(2)4;1-3-2/h4H,1H2,2H3;3H2,1-2H3;4H,1-2H3;3H,1-2H3. The average Bonchev–Trinajstić information content (AvgIpc) is 1.81. The van der Waals surface area contributed by atoms with Crippen LogP contribution in [0.1, 0.15) is 6.92 Å². The minimum Gasteiger partial charge on any atom is -0.513 e. The number of hydrogen-bond donors (Lipinski definition) is 4. The quantitative estimate of drug-likeness (QED) is 0.268. The van der Waals surface area contributed by atoms with Crippen LogP contribution in [0.25, 0.3) is 0 Å². The third-order valence-electron chi connectivity index (χ3n) is 0. The molecule has 0 aliphatic heterocycles. The molecule has 96 valence electrons. The van der Waals surface area contributed by atoms with Gasteiger partial charge in [0, 0.05) is 28.2 Å². The molecule has 0 saturated heterocycles. The van der Waals surface area contributed by atoms with Gasteiger partial charge in [-0.2, -0.15) is 5.06 Å². The Labute approximate surface area is 93.9 Å². The van der Waals surface area contributed by atoms with Gasteiger partial charge in [-0.25, -0.2) is 0 Å². The van der Waals surface area contributed by atoms with Crippen LogP contribution in [0.4, 0.5) is 0 Å². The third-order valence-corrected chi connectivity index (χ3v) is 0. The van der Waals surface area contributed by atoms with Gasteiger partial charge >= 0.3 is 0 Å². The molecule has 15 heavy (non-hydrogen) atoms. The summed E-state index contributed by atoms with van der Waals surface area (Å²) in [6.07, 6.45) is 0. The Morgan fingerprint density at radius 2 is 1.20 bits per heavy atom. The maximum Gasteiger partial charge on any atom is 0.0820 e. The number of aliphatic hydroxyl groups is 1. The highest BCUT2D eigenvalue weighted by molar-refractivity contribution is 4.67. The van der Waals surface area contributed by atoms with E-state index in [-0.39, 0.29) is 5.76 Å². The van der Waals surface area contributed by atoms with Gasteiger partial charge in [-0.15, -0.1) is 0 Å². The first-order valence-electron chi connectivity index (χ1n) is 4.32. The van der Waals surface area contributed by atoms with E-state index in [0.717, 1.165) is 5.06 Å². The number of allylic oxidation sites excluding steroid dienone is 1. The number of rotatable bonds is 0. The summed E-state index contributed by atoms with van der Waals surface area (Å²) >= 11 is 0. The molecule has 6 nitrogen and oxygen atoms in total. The molecule has 0 fully saturated rings. The number of hydroxylamine groups is 2. The maximum atomic E-state index is 7.89. The van der Waals surface area contributed by atoms with Crippen LogP contribution in [-0.2, 0) is 0 Å². The molecular formula is C9H28N4O2. The monoisotopic (exact) mass is 224 g/mol. The van der Waals surface area contributed by atoms with Gasteiger partial charge in [-0.05, 0) is 21.0 Å².